The molecule has 0 saturated heterocycles. The summed E-state index contributed by atoms with van der Waals surface area (Å²) in [5.41, 5.74) is 6.38. The van der Waals surface area contributed by atoms with E-state index in [0.717, 1.165) is 44.0 Å². The maximum Gasteiger partial charge on any atom is 0.138 e. The number of aromatic nitrogens is 3. The molecule has 4 heteroatoms. The minimum atomic E-state index is -0.0437. The lowest BCUT2D eigenvalue weighted by atomic mass is 9.93. The Kier molecular flexibility index (Phi) is 3.28. The summed E-state index contributed by atoms with van der Waals surface area (Å²) in [6.07, 6.45) is 7.09. The molecule has 2 rings (SSSR count). The Morgan fingerprint density at radius 2 is 2.44 bits per heavy atom. The second kappa shape index (κ2) is 4.53. The number of nitrogens with zero attached hydrogens (tertiary/aromatic N) is 3. The van der Waals surface area contributed by atoms with Crippen molar-refractivity contribution in [3.05, 3.63) is 12.2 Å². The van der Waals surface area contributed by atoms with Crippen LogP contribution in [0.5, 0.6) is 0 Å². The number of rotatable bonds is 4. The van der Waals surface area contributed by atoms with Gasteiger partial charge in [0.15, 0.2) is 0 Å². The molecule has 0 aromatic carbocycles. The quantitative estimate of drug-likeness (QED) is 0.844. The first-order chi connectivity index (χ1) is 7.63. The number of aryl methyl sites for hydroxylation is 1. The van der Waals surface area contributed by atoms with Crippen molar-refractivity contribution in [3.8, 4) is 0 Å². The molecular weight excluding hydrogens is 200 g/mol. The molecule has 1 fully saturated rings. The lowest BCUT2D eigenvalue weighted by molar-refractivity contribution is 0.397. The zero-order chi connectivity index (χ0) is 11.6. The van der Waals surface area contributed by atoms with Crippen molar-refractivity contribution < 1.29 is 0 Å². The van der Waals surface area contributed by atoms with Crippen LogP contribution in [0.3, 0.4) is 0 Å². The molecule has 1 saturated carbocycles. The van der Waals surface area contributed by atoms with Crippen molar-refractivity contribution >= 4 is 0 Å². The summed E-state index contributed by atoms with van der Waals surface area (Å²) < 4.78 is 2.00. The molecule has 1 heterocycles. The van der Waals surface area contributed by atoms with Gasteiger partial charge in [0.1, 0.15) is 12.2 Å². The van der Waals surface area contributed by atoms with Crippen LogP contribution in [-0.2, 0) is 13.0 Å². The Morgan fingerprint density at radius 1 is 1.62 bits per heavy atom. The van der Waals surface area contributed by atoms with Gasteiger partial charge in [-0.05, 0) is 31.6 Å². The largest absolute Gasteiger partial charge is 0.325 e. The van der Waals surface area contributed by atoms with Crippen LogP contribution in [0.1, 0.15) is 45.4 Å². The summed E-state index contributed by atoms with van der Waals surface area (Å²) in [7, 11) is 0. The van der Waals surface area contributed by atoms with Crippen LogP contribution in [0.2, 0.25) is 0 Å². The van der Waals surface area contributed by atoms with Gasteiger partial charge in [-0.2, -0.15) is 5.10 Å². The van der Waals surface area contributed by atoms with E-state index < -0.39 is 0 Å². The molecule has 1 aliphatic rings. The van der Waals surface area contributed by atoms with E-state index in [0.29, 0.717) is 0 Å². The average Bonchev–Trinajstić information content (AvgIpc) is 2.76. The zero-order valence-corrected chi connectivity index (χ0v) is 10.3. The van der Waals surface area contributed by atoms with Crippen LogP contribution in [0, 0.1) is 5.92 Å². The number of hydrogen-bond acceptors (Lipinski definition) is 3. The van der Waals surface area contributed by atoms with Crippen LogP contribution in [0.15, 0.2) is 6.33 Å². The van der Waals surface area contributed by atoms with Gasteiger partial charge in [-0.25, -0.2) is 4.98 Å². The Bertz CT molecular complexity index is 347. The van der Waals surface area contributed by atoms with Gasteiger partial charge in [0.2, 0.25) is 0 Å². The molecule has 2 unspecified atom stereocenters. The lowest BCUT2D eigenvalue weighted by Crippen LogP contribution is -2.40. The molecule has 0 bridgehead atoms. The molecule has 2 atom stereocenters. The van der Waals surface area contributed by atoms with E-state index in [2.05, 4.69) is 23.9 Å². The van der Waals surface area contributed by atoms with Crippen molar-refractivity contribution in [2.24, 2.45) is 11.7 Å². The fraction of sp³-hybridized carbons (Fsp3) is 0.833. The highest BCUT2D eigenvalue weighted by atomic mass is 15.3. The highest BCUT2D eigenvalue weighted by Crippen LogP contribution is 2.34. The van der Waals surface area contributed by atoms with Gasteiger partial charge in [0, 0.05) is 18.5 Å². The van der Waals surface area contributed by atoms with Crippen LogP contribution < -0.4 is 5.73 Å². The van der Waals surface area contributed by atoms with Crippen molar-refractivity contribution in [2.45, 2.75) is 58.0 Å². The van der Waals surface area contributed by atoms with Crippen molar-refractivity contribution in [1.29, 1.82) is 0 Å². The first-order valence-corrected chi connectivity index (χ1v) is 6.28. The molecule has 0 aliphatic heterocycles. The van der Waals surface area contributed by atoms with E-state index in [-0.39, 0.29) is 5.54 Å². The van der Waals surface area contributed by atoms with Crippen LogP contribution in [0.4, 0.5) is 0 Å². The molecule has 1 aromatic rings. The second-order valence-electron chi connectivity index (χ2n) is 5.29. The lowest BCUT2D eigenvalue weighted by Gasteiger charge is -2.23. The summed E-state index contributed by atoms with van der Waals surface area (Å²) in [4.78, 5) is 4.34. The minimum absolute atomic E-state index is 0.0437. The van der Waals surface area contributed by atoms with Gasteiger partial charge in [0.05, 0.1) is 0 Å². The molecular formula is C12H22N4. The monoisotopic (exact) mass is 222 g/mol. The van der Waals surface area contributed by atoms with Gasteiger partial charge in [-0.3, -0.25) is 4.68 Å². The third-order valence-electron chi connectivity index (χ3n) is 3.53. The van der Waals surface area contributed by atoms with Crippen molar-refractivity contribution in [3.63, 3.8) is 0 Å². The predicted octanol–water partition coefficient (Wildman–Crippen LogP) is 1.75. The SMILES string of the molecule is CCCn1ncnc1CC1(N)CCC(C)C1. The Hall–Kier alpha value is -0.900. The summed E-state index contributed by atoms with van der Waals surface area (Å²) >= 11 is 0. The van der Waals surface area contributed by atoms with Gasteiger partial charge >= 0.3 is 0 Å². The third-order valence-corrected chi connectivity index (χ3v) is 3.53. The number of nitrogens with two attached hydrogens (primary N) is 1. The highest BCUT2D eigenvalue weighted by molar-refractivity contribution is 5.01. The van der Waals surface area contributed by atoms with Gasteiger partial charge in [0.25, 0.3) is 0 Å². The van der Waals surface area contributed by atoms with E-state index in [1.54, 1.807) is 6.33 Å². The van der Waals surface area contributed by atoms with E-state index >= 15 is 0 Å². The summed E-state index contributed by atoms with van der Waals surface area (Å²) in [6, 6.07) is 0. The molecule has 1 aliphatic carbocycles. The van der Waals surface area contributed by atoms with E-state index in [9.17, 15) is 0 Å². The van der Waals surface area contributed by atoms with E-state index in [1.807, 2.05) is 4.68 Å². The Balaban J connectivity index is 2.05. The Labute approximate surface area is 97.2 Å². The second-order valence-corrected chi connectivity index (χ2v) is 5.29. The third kappa shape index (κ3) is 2.43. The molecule has 4 nitrogen and oxygen atoms in total. The predicted molar refractivity (Wildman–Crippen MR) is 64.0 cm³/mol. The molecule has 2 N–H and O–H groups in total. The number of hydrogen-bond donors (Lipinski definition) is 1. The minimum Gasteiger partial charge on any atom is -0.325 e. The van der Waals surface area contributed by atoms with Crippen LogP contribution >= 0.6 is 0 Å². The van der Waals surface area contributed by atoms with E-state index in [4.69, 9.17) is 5.73 Å². The van der Waals surface area contributed by atoms with Crippen molar-refractivity contribution in [2.75, 3.05) is 0 Å². The first-order valence-electron chi connectivity index (χ1n) is 6.28. The molecule has 16 heavy (non-hydrogen) atoms. The topological polar surface area (TPSA) is 56.7 Å². The fourth-order valence-corrected chi connectivity index (χ4v) is 2.73. The summed E-state index contributed by atoms with van der Waals surface area (Å²) in [5.74, 6) is 1.81. The molecule has 90 valence electrons. The summed E-state index contributed by atoms with van der Waals surface area (Å²) in [5, 5.41) is 4.25. The maximum absolute atomic E-state index is 6.42. The first kappa shape index (κ1) is 11.6. The molecule has 0 radical (unpaired) electrons. The smallest absolute Gasteiger partial charge is 0.138 e. The molecule has 0 amide bonds. The van der Waals surface area contributed by atoms with Gasteiger partial charge < -0.3 is 5.73 Å². The standard InChI is InChI=1S/C12H22N4/c1-3-6-16-11(14-9-15-16)8-12(13)5-4-10(2)7-12/h9-10H,3-8,13H2,1-2H3. The Morgan fingerprint density at radius 3 is 3.06 bits per heavy atom. The van der Waals surface area contributed by atoms with Crippen LogP contribution in [-0.4, -0.2) is 20.3 Å². The highest BCUT2D eigenvalue weighted by Gasteiger charge is 2.34. The normalized spacial score (nSPS) is 29.8. The van der Waals surface area contributed by atoms with Gasteiger partial charge in [-0.15, -0.1) is 0 Å². The molecule has 0 spiro atoms. The maximum atomic E-state index is 6.42. The summed E-state index contributed by atoms with van der Waals surface area (Å²) in [6.45, 7) is 5.38. The fourth-order valence-electron chi connectivity index (χ4n) is 2.73. The van der Waals surface area contributed by atoms with Crippen molar-refractivity contribution in [1.82, 2.24) is 14.8 Å². The van der Waals surface area contributed by atoms with Crippen LogP contribution in [0.25, 0.3) is 0 Å². The average molecular weight is 222 g/mol. The molecule has 1 aromatic heterocycles. The van der Waals surface area contributed by atoms with E-state index in [1.165, 1.54) is 6.42 Å². The van der Waals surface area contributed by atoms with Gasteiger partial charge in [-0.1, -0.05) is 13.8 Å². The zero-order valence-electron chi connectivity index (χ0n) is 10.3.